The molecule has 2 aromatic rings. The van der Waals surface area contributed by atoms with Gasteiger partial charge < -0.3 is 25.4 Å². The average Bonchev–Trinajstić information content (AvgIpc) is 2.65. The minimum atomic E-state index is -0.704. The first-order valence-electron chi connectivity index (χ1n) is 8.20. The SMILES string of the molecule is COc1cccc(NC(=O)CN(C)C(=O)COc2cc(Cl)ccc2C(N)=O)c1. The number of nitrogens with zero attached hydrogens (tertiary/aromatic N) is 1. The molecule has 0 spiro atoms. The Kier molecular flexibility index (Phi) is 7.22. The van der Waals surface area contributed by atoms with Gasteiger partial charge >= 0.3 is 0 Å². The summed E-state index contributed by atoms with van der Waals surface area (Å²) < 4.78 is 10.5. The maximum Gasteiger partial charge on any atom is 0.260 e. The van der Waals surface area contributed by atoms with Crippen LogP contribution in [0.3, 0.4) is 0 Å². The highest BCUT2D eigenvalue weighted by molar-refractivity contribution is 6.30. The van der Waals surface area contributed by atoms with Gasteiger partial charge in [0.15, 0.2) is 6.61 Å². The van der Waals surface area contributed by atoms with Crippen LogP contribution in [0.5, 0.6) is 11.5 Å². The third kappa shape index (κ3) is 5.88. The van der Waals surface area contributed by atoms with E-state index in [2.05, 4.69) is 5.32 Å². The molecule has 2 rings (SSSR count). The van der Waals surface area contributed by atoms with Crippen LogP contribution in [0.15, 0.2) is 42.5 Å². The van der Waals surface area contributed by atoms with Gasteiger partial charge in [-0.2, -0.15) is 0 Å². The molecule has 0 aliphatic rings. The molecule has 9 heteroatoms. The number of amides is 3. The molecular weight excluding hydrogens is 386 g/mol. The molecule has 3 amide bonds. The van der Waals surface area contributed by atoms with Crippen LogP contribution in [-0.2, 0) is 9.59 Å². The monoisotopic (exact) mass is 405 g/mol. The van der Waals surface area contributed by atoms with Crippen LogP contribution in [0, 0.1) is 0 Å². The average molecular weight is 406 g/mol. The number of carbonyl (C=O) groups excluding carboxylic acids is 3. The first kappa shape index (κ1) is 21.0. The number of nitrogens with two attached hydrogens (primary N) is 1. The highest BCUT2D eigenvalue weighted by atomic mass is 35.5. The Morgan fingerprint density at radius 1 is 1.18 bits per heavy atom. The van der Waals surface area contributed by atoms with E-state index in [4.69, 9.17) is 26.8 Å². The summed E-state index contributed by atoms with van der Waals surface area (Å²) in [6, 6.07) is 11.1. The lowest BCUT2D eigenvalue weighted by molar-refractivity contribution is -0.135. The van der Waals surface area contributed by atoms with Crippen molar-refractivity contribution in [2.45, 2.75) is 0 Å². The molecule has 0 saturated carbocycles. The molecule has 0 fully saturated rings. The van der Waals surface area contributed by atoms with Crippen LogP contribution < -0.4 is 20.5 Å². The lowest BCUT2D eigenvalue weighted by Gasteiger charge is -2.18. The van der Waals surface area contributed by atoms with Crippen molar-refractivity contribution in [3.63, 3.8) is 0 Å². The predicted molar refractivity (Wildman–Crippen MR) is 105 cm³/mol. The maximum atomic E-state index is 12.2. The van der Waals surface area contributed by atoms with Gasteiger partial charge in [0, 0.05) is 23.8 Å². The molecule has 0 atom stereocenters. The van der Waals surface area contributed by atoms with Crippen molar-refractivity contribution in [2.75, 3.05) is 32.6 Å². The van der Waals surface area contributed by atoms with Crippen LogP contribution in [-0.4, -0.2) is 49.9 Å². The van der Waals surface area contributed by atoms with E-state index in [-0.39, 0.29) is 30.4 Å². The van der Waals surface area contributed by atoms with E-state index in [0.717, 1.165) is 0 Å². The standard InChI is InChI=1S/C19H20ClN3O5/c1-23(10-17(24)22-13-4-3-5-14(9-13)27-2)18(25)11-28-16-8-12(20)6-7-15(16)19(21)26/h3-9H,10-11H2,1-2H3,(H2,21,26)(H,22,24). The molecule has 2 aromatic carbocycles. The highest BCUT2D eigenvalue weighted by Crippen LogP contribution is 2.23. The van der Waals surface area contributed by atoms with Gasteiger partial charge in [0.2, 0.25) is 5.91 Å². The Morgan fingerprint density at radius 2 is 1.93 bits per heavy atom. The molecule has 0 unspecified atom stereocenters. The summed E-state index contributed by atoms with van der Waals surface area (Å²) in [5.74, 6) is -0.851. The van der Waals surface area contributed by atoms with Gasteiger partial charge in [-0.25, -0.2) is 0 Å². The molecule has 0 saturated heterocycles. The van der Waals surface area contributed by atoms with Crippen molar-refractivity contribution in [1.29, 1.82) is 0 Å². The Morgan fingerprint density at radius 3 is 2.61 bits per heavy atom. The quantitative estimate of drug-likeness (QED) is 0.697. The topological polar surface area (TPSA) is 111 Å². The van der Waals surface area contributed by atoms with Crippen molar-refractivity contribution in [2.24, 2.45) is 5.73 Å². The zero-order valence-electron chi connectivity index (χ0n) is 15.4. The van der Waals surface area contributed by atoms with E-state index >= 15 is 0 Å². The van der Waals surface area contributed by atoms with E-state index in [0.29, 0.717) is 16.5 Å². The number of methoxy groups -OCH3 is 1. The molecule has 0 aromatic heterocycles. The van der Waals surface area contributed by atoms with Crippen molar-refractivity contribution in [1.82, 2.24) is 4.90 Å². The van der Waals surface area contributed by atoms with Crippen LogP contribution in [0.4, 0.5) is 5.69 Å². The molecule has 148 valence electrons. The lowest BCUT2D eigenvalue weighted by atomic mass is 10.2. The molecule has 0 aliphatic carbocycles. The molecule has 8 nitrogen and oxygen atoms in total. The van der Waals surface area contributed by atoms with E-state index < -0.39 is 11.8 Å². The van der Waals surface area contributed by atoms with Crippen molar-refractivity contribution < 1.29 is 23.9 Å². The first-order chi connectivity index (χ1) is 13.3. The normalized spacial score (nSPS) is 10.1. The Bertz CT molecular complexity index is 888. The molecule has 0 bridgehead atoms. The number of likely N-dealkylation sites (N-methyl/N-ethyl adjacent to an activating group) is 1. The second-order valence-electron chi connectivity index (χ2n) is 5.82. The Balaban J connectivity index is 1.91. The van der Waals surface area contributed by atoms with Gasteiger partial charge in [0.1, 0.15) is 11.5 Å². The Labute approximate surface area is 167 Å². The van der Waals surface area contributed by atoms with Crippen molar-refractivity contribution in [3.05, 3.63) is 53.1 Å². The number of primary amides is 1. The smallest absolute Gasteiger partial charge is 0.260 e. The number of benzene rings is 2. The summed E-state index contributed by atoms with van der Waals surface area (Å²) >= 11 is 5.88. The Hall–Kier alpha value is -3.26. The number of halogens is 1. The minimum absolute atomic E-state index is 0.0996. The molecule has 28 heavy (non-hydrogen) atoms. The predicted octanol–water partition coefficient (Wildman–Crippen LogP) is 1.92. The minimum Gasteiger partial charge on any atom is -0.497 e. The van der Waals surface area contributed by atoms with Gasteiger partial charge in [0.25, 0.3) is 11.8 Å². The summed E-state index contributed by atoms with van der Waals surface area (Å²) in [7, 11) is 2.99. The van der Waals surface area contributed by atoms with Crippen molar-refractivity contribution >= 4 is 35.0 Å². The van der Waals surface area contributed by atoms with E-state index in [1.807, 2.05) is 0 Å². The molecule has 0 radical (unpaired) electrons. The summed E-state index contributed by atoms with van der Waals surface area (Å²) in [5, 5.41) is 3.01. The van der Waals surface area contributed by atoms with Gasteiger partial charge in [-0.05, 0) is 30.3 Å². The summed E-state index contributed by atoms with van der Waals surface area (Å²) in [6.45, 7) is -0.568. The summed E-state index contributed by atoms with van der Waals surface area (Å²) in [5.41, 5.74) is 5.93. The van der Waals surface area contributed by atoms with Crippen LogP contribution in [0.2, 0.25) is 5.02 Å². The third-order valence-corrected chi connectivity index (χ3v) is 3.96. The second-order valence-corrected chi connectivity index (χ2v) is 6.26. The molecular formula is C19H20ClN3O5. The first-order valence-corrected chi connectivity index (χ1v) is 8.58. The van der Waals surface area contributed by atoms with Gasteiger partial charge in [-0.3, -0.25) is 14.4 Å². The second kappa shape index (κ2) is 9.61. The highest BCUT2D eigenvalue weighted by Gasteiger charge is 2.16. The van der Waals surface area contributed by atoms with E-state index in [1.54, 1.807) is 24.3 Å². The van der Waals surface area contributed by atoms with E-state index in [1.165, 1.54) is 37.3 Å². The summed E-state index contributed by atoms with van der Waals surface area (Å²) in [4.78, 5) is 37.0. The third-order valence-electron chi connectivity index (χ3n) is 3.72. The number of ether oxygens (including phenoxy) is 2. The van der Waals surface area contributed by atoms with Crippen LogP contribution >= 0.6 is 11.6 Å². The molecule has 0 heterocycles. The summed E-state index contributed by atoms with van der Waals surface area (Å²) in [6.07, 6.45) is 0. The largest absolute Gasteiger partial charge is 0.497 e. The number of anilines is 1. The number of hydrogen-bond donors (Lipinski definition) is 2. The number of hydrogen-bond acceptors (Lipinski definition) is 5. The fraction of sp³-hybridized carbons (Fsp3) is 0.211. The fourth-order valence-electron chi connectivity index (χ4n) is 2.27. The van der Waals surface area contributed by atoms with Crippen LogP contribution in [0.25, 0.3) is 0 Å². The van der Waals surface area contributed by atoms with Gasteiger partial charge in [-0.1, -0.05) is 17.7 Å². The van der Waals surface area contributed by atoms with Gasteiger partial charge in [-0.15, -0.1) is 0 Å². The lowest BCUT2D eigenvalue weighted by Crippen LogP contribution is -2.37. The number of nitrogens with one attached hydrogen (secondary N) is 1. The zero-order chi connectivity index (χ0) is 20.7. The fourth-order valence-corrected chi connectivity index (χ4v) is 2.44. The van der Waals surface area contributed by atoms with Crippen molar-refractivity contribution in [3.8, 4) is 11.5 Å². The van der Waals surface area contributed by atoms with Gasteiger partial charge in [0.05, 0.1) is 19.2 Å². The zero-order valence-corrected chi connectivity index (χ0v) is 16.2. The molecule has 0 aliphatic heterocycles. The van der Waals surface area contributed by atoms with E-state index in [9.17, 15) is 14.4 Å². The van der Waals surface area contributed by atoms with Crippen LogP contribution in [0.1, 0.15) is 10.4 Å². The number of rotatable bonds is 8. The molecule has 3 N–H and O–H groups in total. The number of carbonyl (C=O) groups is 3. The maximum absolute atomic E-state index is 12.2.